The minimum Gasteiger partial charge on any atom is -0.491 e. The van der Waals surface area contributed by atoms with Gasteiger partial charge in [0, 0.05) is 5.69 Å². The number of halogens is 1. The van der Waals surface area contributed by atoms with Gasteiger partial charge in [0.25, 0.3) is 0 Å². The molecule has 1 aliphatic rings. The molecule has 0 atom stereocenters. The van der Waals surface area contributed by atoms with Gasteiger partial charge in [-0.3, -0.25) is 9.59 Å². The molecule has 0 radical (unpaired) electrons. The normalized spacial score (nSPS) is 13.3. The molecule has 0 fully saturated rings. The Hall–Kier alpha value is -2.89. The minimum atomic E-state index is -0.410. The van der Waals surface area contributed by atoms with Gasteiger partial charge in [-0.05, 0) is 35.9 Å². The van der Waals surface area contributed by atoms with Crippen LogP contribution in [0.4, 0.5) is 15.8 Å². The summed E-state index contributed by atoms with van der Waals surface area (Å²) in [6.45, 7) is 0.332. The predicted molar refractivity (Wildman–Crippen MR) is 83.9 cm³/mol. The lowest BCUT2D eigenvalue weighted by Gasteiger charge is -2.10. The Labute approximate surface area is 132 Å². The Morgan fingerprint density at radius 2 is 2.13 bits per heavy atom. The van der Waals surface area contributed by atoms with E-state index >= 15 is 0 Å². The SMILES string of the molecule is O=C(Cc1ccc2c(c1)NC(=O)CCO2)Nc1cccc(F)c1. The molecule has 0 saturated carbocycles. The topological polar surface area (TPSA) is 67.4 Å². The third-order valence-corrected chi connectivity index (χ3v) is 3.38. The Balaban J connectivity index is 1.70. The van der Waals surface area contributed by atoms with Crippen molar-refractivity contribution in [3.63, 3.8) is 0 Å². The lowest BCUT2D eigenvalue weighted by Crippen LogP contribution is -2.15. The smallest absolute Gasteiger partial charge is 0.228 e. The molecular formula is C17H15FN2O3. The van der Waals surface area contributed by atoms with Crippen LogP contribution in [0.25, 0.3) is 0 Å². The van der Waals surface area contributed by atoms with Crippen molar-refractivity contribution in [2.75, 3.05) is 17.2 Å². The molecule has 1 heterocycles. The minimum absolute atomic E-state index is 0.111. The number of benzene rings is 2. The average Bonchev–Trinajstić information content (AvgIpc) is 2.67. The molecule has 6 heteroatoms. The Morgan fingerprint density at radius 3 is 2.96 bits per heavy atom. The van der Waals surface area contributed by atoms with Crippen LogP contribution >= 0.6 is 0 Å². The van der Waals surface area contributed by atoms with E-state index in [1.807, 2.05) is 0 Å². The van der Waals surface area contributed by atoms with Crippen molar-refractivity contribution in [1.82, 2.24) is 0 Å². The van der Waals surface area contributed by atoms with Crippen molar-refractivity contribution in [3.8, 4) is 5.75 Å². The Kier molecular flexibility index (Phi) is 4.23. The summed E-state index contributed by atoms with van der Waals surface area (Å²) in [5, 5.41) is 5.38. The quantitative estimate of drug-likeness (QED) is 0.915. The molecular weight excluding hydrogens is 299 g/mol. The van der Waals surface area contributed by atoms with Gasteiger partial charge in [0.15, 0.2) is 0 Å². The van der Waals surface area contributed by atoms with Crippen LogP contribution in [0.1, 0.15) is 12.0 Å². The fourth-order valence-corrected chi connectivity index (χ4v) is 2.33. The van der Waals surface area contributed by atoms with Crippen LogP contribution in [0.5, 0.6) is 5.75 Å². The third kappa shape index (κ3) is 3.85. The van der Waals surface area contributed by atoms with Crippen molar-refractivity contribution in [2.45, 2.75) is 12.8 Å². The van der Waals surface area contributed by atoms with Gasteiger partial charge in [-0.25, -0.2) is 4.39 Å². The van der Waals surface area contributed by atoms with Crippen LogP contribution in [0.2, 0.25) is 0 Å². The van der Waals surface area contributed by atoms with E-state index in [1.54, 1.807) is 24.3 Å². The third-order valence-electron chi connectivity index (χ3n) is 3.38. The zero-order valence-electron chi connectivity index (χ0n) is 12.3. The van der Waals surface area contributed by atoms with Crippen LogP contribution in [0.15, 0.2) is 42.5 Å². The molecule has 5 nitrogen and oxygen atoms in total. The first kappa shape index (κ1) is 15.0. The van der Waals surface area contributed by atoms with Gasteiger partial charge in [0.2, 0.25) is 11.8 Å². The largest absolute Gasteiger partial charge is 0.491 e. The monoisotopic (exact) mass is 314 g/mol. The fourth-order valence-electron chi connectivity index (χ4n) is 2.33. The first-order chi connectivity index (χ1) is 11.1. The van der Waals surface area contributed by atoms with Gasteiger partial charge in [0.05, 0.1) is 25.1 Å². The van der Waals surface area contributed by atoms with E-state index in [4.69, 9.17) is 4.74 Å². The van der Waals surface area contributed by atoms with E-state index in [9.17, 15) is 14.0 Å². The van der Waals surface area contributed by atoms with Crippen molar-refractivity contribution < 1.29 is 18.7 Å². The van der Waals surface area contributed by atoms with Gasteiger partial charge < -0.3 is 15.4 Å². The molecule has 118 valence electrons. The second kappa shape index (κ2) is 6.48. The molecule has 3 rings (SSSR count). The summed E-state index contributed by atoms with van der Waals surface area (Å²) in [7, 11) is 0. The van der Waals surface area contributed by atoms with Crippen LogP contribution in [-0.4, -0.2) is 18.4 Å². The molecule has 0 aromatic heterocycles. The summed E-state index contributed by atoms with van der Waals surface area (Å²) in [5.41, 5.74) is 1.69. The first-order valence-electron chi connectivity index (χ1n) is 7.21. The highest BCUT2D eigenvalue weighted by Crippen LogP contribution is 2.28. The maximum atomic E-state index is 13.1. The highest BCUT2D eigenvalue weighted by Gasteiger charge is 2.15. The molecule has 2 aromatic carbocycles. The highest BCUT2D eigenvalue weighted by atomic mass is 19.1. The lowest BCUT2D eigenvalue weighted by molar-refractivity contribution is -0.116. The number of amides is 2. The van der Waals surface area contributed by atoms with Crippen LogP contribution in [-0.2, 0) is 16.0 Å². The zero-order chi connectivity index (χ0) is 16.2. The van der Waals surface area contributed by atoms with Gasteiger partial charge in [-0.15, -0.1) is 0 Å². The Bertz CT molecular complexity index is 761. The van der Waals surface area contributed by atoms with Crippen molar-refractivity contribution >= 4 is 23.2 Å². The highest BCUT2D eigenvalue weighted by molar-refractivity contribution is 5.94. The second-order valence-corrected chi connectivity index (χ2v) is 5.21. The maximum Gasteiger partial charge on any atom is 0.228 e. The molecule has 0 spiro atoms. The zero-order valence-corrected chi connectivity index (χ0v) is 12.3. The van der Waals surface area contributed by atoms with Gasteiger partial charge in [-0.1, -0.05) is 12.1 Å². The molecule has 1 aliphatic heterocycles. The fraction of sp³-hybridized carbons (Fsp3) is 0.176. The number of hydrogen-bond donors (Lipinski definition) is 2. The number of nitrogens with one attached hydrogen (secondary N) is 2. The van der Waals surface area contributed by atoms with E-state index in [-0.39, 0.29) is 18.2 Å². The number of anilines is 2. The van der Waals surface area contributed by atoms with Crippen LogP contribution < -0.4 is 15.4 Å². The molecule has 0 saturated heterocycles. The van der Waals surface area contributed by atoms with E-state index in [0.29, 0.717) is 30.2 Å². The second-order valence-electron chi connectivity index (χ2n) is 5.21. The van der Waals surface area contributed by atoms with Gasteiger partial charge in [0.1, 0.15) is 11.6 Å². The van der Waals surface area contributed by atoms with Crippen molar-refractivity contribution in [2.24, 2.45) is 0 Å². The van der Waals surface area contributed by atoms with E-state index in [2.05, 4.69) is 10.6 Å². The van der Waals surface area contributed by atoms with E-state index in [1.165, 1.54) is 18.2 Å². The van der Waals surface area contributed by atoms with Crippen molar-refractivity contribution in [3.05, 3.63) is 53.8 Å². The van der Waals surface area contributed by atoms with Gasteiger partial charge in [-0.2, -0.15) is 0 Å². The number of carbonyl (C=O) groups excluding carboxylic acids is 2. The molecule has 2 N–H and O–H groups in total. The molecule has 0 unspecified atom stereocenters. The molecule has 2 amide bonds. The summed E-state index contributed by atoms with van der Waals surface area (Å²) in [5.74, 6) is -0.209. The number of hydrogen-bond acceptors (Lipinski definition) is 3. The van der Waals surface area contributed by atoms with Crippen molar-refractivity contribution in [1.29, 1.82) is 0 Å². The molecule has 23 heavy (non-hydrogen) atoms. The lowest BCUT2D eigenvalue weighted by atomic mass is 10.1. The van der Waals surface area contributed by atoms with Crippen LogP contribution in [0.3, 0.4) is 0 Å². The van der Waals surface area contributed by atoms with Crippen LogP contribution in [0, 0.1) is 5.82 Å². The standard InChI is InChI=1S/C17H15FN2O3/c18-12-2-1-3-13(10-12)19-17(22)9-11-4-5-15-14(8-11)20-16(21)6-7-23-15/h1-5,8,10H,6-7,9H2,(H,19,22)(H,20,21). The summed E-state index contributed by atoms with van der Waals surface area (Å²) in [6, 6.07) is 10.9. The Morgan fingerprint density at radius 1 is 1.26 bits per heavy atom. The number of carbonyl (C=O) groups is 2. The first-order valence-corrected chi connectivity index (χ1v) is 7.21. The summed E-state index contributed by atoms with van der Waals surface area (Å²) in [6.07, 6.45) is 0.406. The molecule has 0 bridgehead atoms. The summed E-state index contributed by atoms with van der Waals surface area (Å²) in [4.78, 5) is 23.6. The van der Waals surface area contributed by atoms with E-state index < -0.39 is 5.82 Å². The maximum absolute atomic E-state index is 13.1. The van der Waals surface area contributed by atoms with E-state index in [0.717, 1.165) is 5.56 Å². The molecule has 2 aromatic rings. The average molecular weight is 314 g/mol. The number of rotatable bonds is 3. The predicted octanol–water partition coefficient (Wildman–Crippen LogP) is 2.73. The summed E-state index contributed by atoms with van der Waals surface area (Å²) >= 11 is 0. The number of ether oxygens (including phenoxy) is 1. The number of fused-ring (bicyclic) bond motifs is 1. The van der Waals surface area contributed by atoms with Gasteiger partial charge >= 0.3 is 0 Å². The summed E-state index contributed by atoms with van der Waals surface area (Å²) < 4.78 is 18.6. The molecule has 0 aliphatic carbocycles.